The molecule has 0 aliphatic carbocycles. The average molecular weight is 774 g/mol. The van der Waals surface area contributed by atoms with E-state index in [-0.39, 0.29) is 54.6 Å². The number of ether oxygens (including phenoxy) is 1. The normalized spacial score (nSPS) is 12.4. The predicted octanol–water partition coefficient (Wildman–Crippen LogP) is 7.03. The molecule has 50 heavy (non-hydrogen) atoms. The quantitative estimate of drug-likeness (QED) is 0.0191. The fourth-order valence-corrected chi connectivity index (χ4v) is 7.14. The minimum absolute atomic E-state index is 0.0297. The van der Waals surface area contributed by atoms with E-state index in [0.717, 1.165) is 11.6 Å². The third kappa shape index (κ3) is 9.62. The first kappa shape index (κ1) is 38.8. The van der Waals surface area contributed by atoms with Gasteiger partial charge in [-0.1, -0.05) is 16.1 Å². The van der Waals surface area contributed by atoms with Crippen molar-refractivity contribution < 1.29 is 64.7 Å². The maximum atomic E-state index is 12.9. The highest BCUT2D eigenvalue weighted by Crippen LogP contribution is 2.48. The first-order valence-corrected chi connectivity index (χ1v) is 18.0. The molecule has 23 heteroatoms. The van der Waals surface area contributed by atoms with Crippen molar-refractivity contribution in [3.63, 3.8) is 0 Å². The molecule has 0 saturated carbocycles. The van der Waals surface area contributed by atoms with E-state index in [1.165, 1.54) is 38.3 Å². The summed E-state index contributed by atoms with van der Waals surface area (Å²) in [6, 6.07) is 12.0. The second-order valence-corrected chi connectivity index (χ2v) is 14.5. The maximum absolute atomic E-state index is 12.9. The van der Waals surface area contributed by atoms with Crippen LogP contribution in [0, 0.1) is 13.8 Å². The van der Waals surface area contributed by atoms with Crippen molar-refractivity contribution in [3.05, 3.63) is 59.7 Å². The third-order valence-electron chi connectivity index (χ3n) is 6.57. The molecular formula is C27H27N5O14S4. The van der Waals surface area contributed by atoms with Gasteiger partial charge in [-0.05, 0) is 61.4 Å². The predicted molar refractivity (Wildman–Crippen MR) is 178 cm³/mol. The van der Waals surface area contributed by atoms with Gasteiger partial charge in [0.15, 0.2) is 15.6 Å². The summed E-state index contributed by atoms with van der Waals surface area (Å²) in [7, 11) is -7.72. The summed E-state index contributed by atoms with van der Waals surface area (Å²) in [6.45, 7) is 2.44. The van der Waals surface area contributed by atoms with Crippen molar-refractivity contribution in [2.75, 3.05) is 25.2 Å². The maximum Gasteiger partial charge on any atom is 0.397 e. The van der Waals surface area contributed by atoms with E-state index in [0.29, 0.717) is 34.7 Å². The lowest BCUT2D eigenvalue weighted by atomic mass is 10.1. The topological polar surface area (TPSA) is 280 Å². The van der Waals surface area contributed by atoms with Crippen LogP contribution in [-0.4, -0.2) is 56.5 Å². The number of methoxy groups -OCH3 is 1. The lowest BCUT2D eigenvalue weighted by Gasteiger charge is -2.13. The van der Waals surface area contributed by atoms with Crippen LogP contribution in [0.5, 0.6) is 11.5 Å². The minimum Gasteiger partial charge on any atom is -0.505 e. The zero-order valence-electron chi connectivity index (χ0n) is 25.9. The summed E-state index contributed by atoms with van der Waals surface area (Å²) >= 11 is 1.13. The number of nitrogens with two attached hydrogens (primary N) is 1. The number of aryl methyl sites for hydroxylation is 2. The molecule has 0 atom stereocenters. The first-order chi connectivity index (χ1) is 23.7. The number of aromatic hydroxyl groups is 1. The molecule has 268 valence electrons. The molecule has 0 aromatic heterocycles. The Morgan fingerprint density at radius 3 is 2.12 bits per heavy atom. The van der Waals surface area contributed by atoms with E-state index in [9.17, 15) is 21.9 Å². The van der Waals surface area contributed by atoms with E-state index in [1.807, 2.05) is 6.92 Å². The van der Waals surface area contributed by atoms with Crippen LogP contribution in [0.15, 0.2) is 83.7 Å². The lowest BCUT2D eigenvalue weighted by Crippen LogP contribution is -2.16. The van der Waals surface area contributed by atoms with Crippen LogP contribution in [0.4, 0.5) is 28.4 Å². The van der Waals surface area contributed by atoms with Crippen molar-refractivity contribution >= 4 is 83.5 Å². The van der Waals surface area contributed by atoms with E-state index in [1.54, 1.807) is 18.2 Å². The van der Waals surface area contributed by atoms with Gasteiger partial charge in [-0.25, -0.2) is 23.1 Å². The van der Waals surface area contributed by atoms with E-state index in [2.05, 4.69) is 43.4 Å². The molecule has 0 heterocycles. The number of sulfone groups is 1. The van der Waals surface area contributed by atoms with E-state index >= 15 is 0 Å². The number of benzene rings is 4. The van der Waals surface area contributed by atoms with Gasteiger partial charge in [0, 0.05) is 16.8 Å². The van der Waals surface area contributed by atoms with Gasteiger partial charge in [0.1, 0.15) is 28.5 Å². The summed E-state index contributed by atoms with van der Waals surface area (Å²) < 4.78 is 74.7. The van der Waals surface area contributed by atoms with Gasteiger partial charge in [-0.15, -0.1) is 29.1 Å². The van der Waals surface area contributed by atoms with E-state index in [4.69, 9.17) is 25.5 Å². The largest absolute Gasteiger partial charge is 0.505 e. The number of nitrogens with zero attached hydrogens (tertiary/aromatic N) is 4. The van der Waals surface area contributed by atoms with Crippen molar-refractivity contribution in [1.82, 2.24) is 0 Å². The highest BCUT2D eigenvalue weighted by molar-refractivity contribution is 7.95. The van der Waals surface area contributed by atoms with Crippen molar-refractivity contribution in [2.45, 2.75) is 28.5 Å². The highest BCUT2D eigenvalue weighted by Gasteiger charge is 2.23. The third-order valence-corrected chi connectivity index (χ3v) is 10.1. The van der Waals surface area contributed by atoms with Gasteiger partial charge in [0.05, 0.1) is 63.9 Å². The second-order valence-electron chi connectivity index (χ2n) is 9.85. The van der Waals surface area contributed by atoms with Crippen LogP contribution < -0.4 is 10.5 Å². The summed E-state index contributed by atoms with van der Waals surface area (Å²) in [4.78, 5) is 0.262. The van der Waals surface area contributed by atoms with Gasteiger partial charge in [0.25, 0.3) is 0 Å². The molecule has 4 rings (SSSR count). The van der Waals surface area contributed by atoms with Gasteiger partial charge in [-0.2, -0.15) is 8.42 Å². The molecule has 0 spiro atoms. The highest BCUT2D eigenvalue weighted by atomic mass is 32.3. The lowest BCUT2D eigenvalue weighted by molar-refractivity contribution is -0.432. The summed E-state index contributed by atoms with van der Waals surface area (Å²) in [5.74, 6) is -1.26. The Kier molecular flexibility index (Phi) is 13.1. The summed E-state index contributed by atoms with van der Waals surface area (Å²) in [5.41, 5.74) is 7.74. The smallest absolute Gasteiger partial charge is 0.397 e. The van der Waals surface area contributed by atoms with Crippen molar-refractivity contribution in [1.29, 1.82) is 0 Å². The molecule has 0 aliphatic rings. The number of phenols is 1. The number of fused-ring (bicyclic) bond motifs is 1. The molecule has 0 saturated heterocycles. The average Bonchev–Trinajstić information content (AvgIpc) is 3.05. The number of hydrogen-bond donors (Lipinski definition) is 5. The SMILES string of the molecule is COc1cc(S(=O)(=O)CCOS(=O)(=O)O)c(C)cc1N=Nc1c(SOOO)cc2c(N=Nc3ccc(C)cc3SOOO)c(N)ccc2c1O. The molecule has 0 amide bonds. The fraction of sp³-hybridized carbons (Fsp3) is 0.185. The standard InChI is InChI=1S/C27H27N5O14S4/c1-14-4-7-19(22(10-14)47-45-43-34)29-31-25-17-12-23(48-46-44-35)26(27(33)16(17)5-6-18(25)28)32-30-20-11-15(2)24(13-21(20)41-3)49(36,37)9-8-42-50(38,39)40/h4-7,10-13,33-35H,8-9,28H2,1-3H3,(H,38,39,40). The Bertz CT molecular complexity index is 2170. The molecule has 0 fully saturated rings. The molecule has 4 aromatic rings. The number of rotatable bonds is 16. The molecule has 0 radical (unpaired) electrons. The molecule has 4 aromatic carbocycles. The fourth-order valence-electron chi connectivity index (χ4n) is 4.37. The van der Waals surface area contributed by atoms with Crippen LogP contribution in [0.2, 0.25) is 0 Å². The van der Waals surface area contributed by atoms with E-state index < -0.39 is 38.3 Å². The van der Waals surface area contributed by atoms with Gasteiger partial charge in [-0.3, -0.25) is 4.55 Å². The zero-order chi connectivity index (χ0) is 36.6. The van der Waals surface area contributed by atoms with Crippen LogP contribution in [0.25, 0.3) is 10.8 Å². The Hall–Kier alpha value is -3.98. The molecule has 19 nitrogen and oxygen atoms in total. The molecular weight excluding hydrogens is 747 g/mol. The first-order valence-electron chi connectivity index (χ1n) is 13.5. The number of nitrogen functional groups attached to an aromatic ring is 1. The number of azo groups is 2. The summed E-state index contributed by atoms with van der Waals surface area (Å²) in [5, 5.41) is 53.5. The van der Waals surface area contributed by atoms with Gasteiger partial charge >= 0.3 is 10.4 Å². The van der Waals surface area contributed by atoms with Crippen LogP contribution in [-0.2, 0) is 43.2 Å². The Morgan fingerprint density at radius 2 is 1.46 bits per heavy atom. The second kappa shape index (κ2) is 16.8. The molecule has 0 aliphatic heterocycles. The Balaban J connectivity index is 1.78. The van der Waals surface area contributed by atoms with Crippen LogP contribution >= 0.6 is 24.1 Å². The molecule has 0 unspecified atom stereocenters. The number of hydrogen-bond acceptors (Lipinski definition) is 20. The Morgan fingerprint density at radius 1 is 0.800 bits per heavy atom. The minimum atomic E-state index is -4.85. The van der Waals surface area contributed by atoms with Crippen LogP contribution in [0.3, 0.4) is 0 Å². The van der Waals surface area contributed by atoms with Gasteiger partial charge in [0.2, 0.25) is 0 Å². The van der Waals surface area contributed by atoms with Gasteiger partial charge < -0.3 is 15.6 Å². The van der Waals surface area contributed by atoms with Crippen molar-refractivity contribution in [3.8, 4) is 11.5 Å². The Labute approximate surface area is 292 Å². The molecule has 0 bridgehead atoms. The number of phenolic OH excluding ortho intramolecular Hbond substituents is 1. The van der Waals surface area contributed by atoms with Crippen LogP contribution in [0.1, 0.15) is 11.1 Å². The monoisotopic (exact) mass is 773 g/mol. The molecule has 6 N–H and O–H groups in total. The number of anilines is 1. The summed E-state index contributed by atoms with van der Waals surface area (Å²) in [6.07, 6.45) is 0. The zero-order valence-corrected chi connectivity index (χ0v) is 29.2. The van der Waals surface area contributed by atoms with Crippen molar-refractivity contribution in [2.24, 2.45) is 20.5 Å².